The highest BCUT2D eigenvalue weighted by molar-refractivity contribution is 4.95. The maximum atomic E-state index is 5.74. The molecule has 3 heterocycles. The van der Waals surface area contributed by atoms with Gasteiger partial charge in [-0.3, -0.25) is 9.80 Å². The highest BCUT2D eigenvalue weighted by atomic mass is 16.5. The number of fused-ring (bicyclic) bond motifs is 1. The molecule has 110 valence electrons. The summed E-state index contributed by atoms with van der Waals surface area (Å²) in [7, 11) is 0. The van der Waals surface area contributed by atoms with Crippen molar-refractivity contribution in [2.75, 3.05) is 32.8 Å². The first-order chi connectivity index (χ1) is 9.25. The summed E-state index contributed by atoms with van der Waals surface area (Å²) in [5.41, 5.74) is 0. The number of ether oxygens (including phenoxy) is 1. The van der Waals surface area contributed by atoms with Crippen molar-refractivity contribution >= 4 is 0 Å². The molecule has 19 heavy (non-hydrogen) atoms. The molecule has 3 saturated heterocycles. The van der Waals surface area contributed by atoms with E-state index in [4.69, 9.17) is 4.74 Å². The lowest BCUT2D eigenvalue weighted by atomic mass is 9.90. The van der Waals surface area contributed by atoms with Gasteiger partial charge in [-0.2, -0.15) is 0 Å². The third-order valence-corrected chi connectivity index (χ3v) is 5.39. The van der Waals surface area contributed by atoms with Crippen LogP contribution in [0.2, 0.25) is 0 Å². The molecule has 3 fully saturated rings. The molecule has 3 aliphatic rings. The summed E-state index contributed by atoms with van der Waals surface area (Å²) < 4.78 is 5.74. The molecule has 0 amide bonds. The summed E-state index contributed by atoms with van der Waals surface area (Å²) >= 11 is 0. The summed E-state index contributed by atoms with van der Waals surface area (Å²) in [5.74, 6) is 0.754. The second-order valence-corrected chi connectivity index (χ2v) is 7.02. The maximum Gasteiger partial charge on any atom is 0.0621 e. The second kappa shape index (κ2) is 6.11. The molecule has 0 spiro atoms. The van der Waals surface area contributed by atoms with Gasteiger partial charge < -0.3 is 4.74 Å². The zero-order valence-corrected chi connectivity index (χ0v) is 12.7. The third kappa shape index (κ3) is 2.98. The Bertz CT molecular complexity index is 288. The first kappa shape index (κ1) is 13.8. The molecule has 0 aromatic carbocycles. The van der Waals surface area contributed by atoms with Gasteiger partial charge in [0.05, 0.1) is 6.61 Å². The smallest absolute Gasteiger partial charge is 0.0621 e. The standard InChI is InChI=1S/C16H30N2O/c1-13(2)16-11-17-8-4-3-6-14(17)10-18(16)15-7-5-9-19-12-15/h13-16H,3-12H2,1-2H3. The first-order valence-electron chi connectivity index (χ1n) is 8.33. The minimum absolute atomic E-state index is 0.685. The summed E-state index contributed by atoms with van der Waals surface area (Å²) in [6.07, 6.45) is 6.85. The lowest BCUT2D eigenvalue weighted by Gasteiger charge is -2.52. The van der Waals surface area contributed by atoms with E-state index in [1.807, 2.05) is 0 Å². The quantitative estimate of drug-likeness (QED) is 0.763. The Morgan fingerprint density at radius 3 is 2.58 bits per heavy atom. The fourth-order valence-corrected chi connectivity index (χ4v) is 4.23. The van der Waals surface area contributed by atoms with Gasteiger partial charge >= 0.3 is 0 Å². The molecule has 0 aliphatic carbocycles. The van der Waals surface area contributed by atoms with E-state index in [0.29, 0.717) is 6.04 Å². The van der Waals surface area contributed by atoms with Gasteiger partial charge in [-0.1, -0.05) is 20.3 Å². The molecular formula is C16H30N2O. The van der Waals surface area contributed by atoms with Crippen molar-refractivity contribution in [3.05, 3.63) is 0 Å². The highest BCUT2D eigenvalue weighted by Gasteiger charge is 2.39. The lowest BCUT2D eigenvalue weighted by Crippen LogP contribution is -2.64. The van der Waals surface area contributed by atoms with Crippen LogP contribution in [0.5, 0.6) is 0 Å². The van der Waals surface area contributed by atoms with Crippen LogP contribution >= 0.6 is 0 Å². The number of piperazine rings is 1. The molecule has 0 radical (unpaired) electrons. The van der Waals surface area contributed by atoms with Gasteiger partial charge in [0.15, 0.2) is 0 Å². The highest BCUT2D eigenvalue weighted by Crippen LogP contribution is 2.30. The van der Waals surface area contributed by atoms with Crippen LogP contribution in [-0.4, -0.2) is 60.8 Å². The van der Waals surface area contributed by atoms with Crippen molar-refractivity contribution in [1.82, 2.24) is 9.80 Å². The van der Waals surface area contributed by atoms with Crippen molar-refractivity contribution < 1.29 is 4.74 Å². The SMILES string of the molecule is CC(C)C1CN2CCCCC2CN1C1CCCOC1. The van der Waals surface area contributed by atoms with Gasteiger partial charge in [0, 0.05) is 37.8 Å². The molecule has 3 atom stereocenters. The number of piperidine rings is 1. The van der Waals surface area contributed by atoms with E-state index < -0.39 is 0 Å². The van der Waals surface area contributed by atoms with Crippen LogP contribution in [0.1, 0.15) is 46.0 Å². The second-order valence-electron chi connectivity index (χ2n) is 7.02. The van der Waals surface area contributed by atoms with Crippen LogP contribution in [0.3, 0.4) is 0 Å². The molecule has 3 aliphatic heterocycles. The van der Waals surface area contributed by atoms with Gasteiger partial charge in [0.25, 0.3) is 0 Å². The monoisotopic (exact) mass is 266 g/mol. The van der Waals surface area contributed by atoms with Crippen molar-refractivity contribution in [2.45, 2.75) is 64.1 Å². The Morgan fingerprint density at radius 1 is 1.00 bits per heavy atom. The Kier molecular flexibility index (Phi) is 4.45. The van der Waals surface area contributed by atoms with Crippen LogP contribution < -0.4 is 0 Å². The Labute approximate surface area is 118 Å². The molecule has 3 rings (SSSR count). The lowest BCUT2D eigenvalue weighted by molar-refractivity contribution is -0.0666. The normalized spacial score (nSPS) is 38.4. The fourth-order valence-electron chi connectivity index (χ4n) is 4.23. The van der Waals surface area contributed by atoms with Crippen molar-refractivity contribution in [2.24, 2.45) is 5.92 Å². The van der Waals surface area contributed by atoms with E-state index >= 15 is 0 Å². The summed E-state index contributed by atoms with van der Waals surface area (Å²) in [4.78, 5) is 5.59. The number of nitrogens with zero attached hydrogens (tertiary/aromatic N) is 2. The van der Waals surface area contributed by atoms with Crippen LogP contribution in [0, 0.1) is 5.92 Å². The van der Waals surface area contributed by atoms with Crippen molar-refractivity contribution in [3.8, 4) is 0 Å². The van der Waals surface area contributed by atoms with Gasteiger partial charge in [0.2, 0.25) is 0 Å². The summed E-state index contributed by atoms with van der Waals surface area (Å²) in [5, 5.41) is 0. The molecule has 0 aromatic rings. The Hall–Kier alpha value is -0.120. The van der Waals surface area contributed by atoms with Gasteiger partial charge in [-0.05, 0) is 38.1 Å². The average molecular weight is 266 g/mol. The number of hydrogen-bond donors (Lipinski definition) is 0. The van der Waals surface area contributed by atoms with E-state index in [-0.39, 0.29) is 0 Å². The molecular weight excluding hydrogens is 236 g/mol. The minimum atomic E-state index is 0.685. The van der Waals surface area contributed by atoms with E-state index in [1.54, 1.807) is 0 Å². The average Bonchev–Trinajstić information content (AvgIpc) is 2.46. The Morgan fingerprint density at radius 2 is 1.84 bits per heavy atom. The first-order valence-corrected chi connectivity index (χ1v) is 8.33. The van der Waals surface area contributed by atoms with E-state index in [0.717, 1.165) is 31.2 Å². The molecule has 3 heteroatoms. The number of hydrogen-bond acceptors (Lipinski definition) is 3. The van der Waals surface area contributed by atoms with E-state index in [1.165, 1.54) is 51.7 Å². The van der Waals surface area contributed by atoms with Gasteiger partial charge in [-0.25, -0.2) is 0 Å². The van der Waals surface area contributed by atoms with E-state index in [9.17, 15) is 0 Å². The number of rotatable bonds is 2. The van der Waals surface area contributed by atoms with Crippen LogP contribution in [0.25, 0.3) is 0 Å². The van der Waals surface area contributed by atoms with E-state index in [2.05, 4.69) is 23.6 Å². The van der Waals surface area contributed by atoms with Crippen LogP contribution in [-0.2, 0) is 4.74 Å². The van der Waals surface area contributed by atoms with Gasteiger partial charge in [0.1, 0.15) is 0 Å². The molecule has 3 unspecified atom stereocenters. The molecule has 3 nitrogen and oxygen atoms in total. The third-order valence-electron chi connectivity index (χ3n) is 5.39. The zero-order valence-electron chi connectivity index (χ0n) is 12.7. The van der Waals surface area contributed by atoms with Gasteiger partial charge in [-0.15, -0.1) is 0 Å². The summed E-state index contributed by atoms with van der Waals surface area (Å²) in [6.45, 7) is 10.7. The largest absolute Gasteiger partial charge is 0.380 e. The molecule has 0 bridgehead atoms. The minimum Gasteiger partial charge on any atom is -0.380 e. The van der Waals surface area contributed by atoms with Crippen LogP contribution in [0.4, 0.5) is 0 Å². The van der Waals surface area contributed by atoms with Crippen molar-refractivity contribution in [3.63, 3.8) is 0 Å². The van der Waals surface area contributed by atoms with Crippen molar-refractivity contribution in [1.29, 1.82) is 0 Å². The maximum absolute atomic E-state index is 5.74. The predicted molar refractivity (Wildman–Crippen MR) is 78.4 cm³/mol. The van der Waals surface area contributed by atoms with Crippen LogP contribution in [0.15, 0.2) is 0 Å². The topological polar surface area (TPSA) is 15.7 Å². The molecule has 0 aromatic heterocycles. The fraction of sp³-hybridized carbons (Fsp3) is 1.00. The molecule has 0 N–H and O–H groups in total. The predicted octanol–water partition coefficient (Wildman–Crippen LogP) is 2.36. The Balaban J connectivity index is 1.71. The molecule has 0 saturated carbocycles. The zero-order chi connectivity index (χ0) is 13.2. The summed E-state index contributed by atoms with van der Waals surface area (Å²) in [6, 6.07) is 2.25.